The van der Waals surface area contributed by atoms with Crippen molar-refractivity contribution < 1.29 is 12.8 Å². The normalized spacial score (nSPS) is 11.3. The summed E-state index contributed by atoms with van der Waals surface area (Å²) in [7, 11) is -3.78. The average Bonchev–Trinajstić information content (AvgIpc) is 2.99. The smallest absolute Gasteiger partial charge is 0.261 e. The lowest BCUT2D eigenvalue weighted by atomic mass is 10.3. The van der Waals surface area contributed by atoms with Gasteiger partial charge in [-0.25, -0.2) is 17.8 Å². The van der Waals surface area contributed by atoms with E-state index in [0.717, 1.165) is 22.7 Å². The van der Waals surface area contributed by atoms with E-state index in [4.69, 9.17) is 11.6 Å². The maximum atomic E-state index is 12.9. The number of thiazole rings is 1. The molecule has 3 rings (SSSR count). The summed E-state index contributed by atoms with van der Waals surface area (Å²) < 4.78 is 40.6. The van der Waals surface area contributed by atoms with Crippen LogP contribution < -0.4 is 10.0 Å². The van der Waals surface area contributed by atoms with Gasteiger partial charge in [-0.2, -0.15) is 0 Å². The number of anilines is 2. The Morgan fingerprint density at radius 2 is 1.84 bits per heavy atom. The predicted octanol–water partition coefficient (Wildman–Crippen LogP) is 4.35. The number of rotatable bonds is 6. The number of nitrogens with zero attached hydrogens (tertiary/aromatic N) is 1. The Labute approximate surface area is 153 Å². The van der Waals surface area contributed by atoms with Crippen LogP contribution >= 0.6 is 22.9 Å². The summed E-state index contributed by atoms with van der Waals surface area (Å²) in [5.74, 6) is -0.492. The average molecular weight is 398 g/mol. The number of hydrogen-bond acceptors (Lipinski definition) is 5. The third-order valence-electron chi connectivity index (χ3n) is 3.23. The molecule has 0 unspecified atom stereocenters. The largest absolute Gasteiger partial charge is 0.380 e. The third-order valence-corrected chi connectivity index (χ3v) is 5.74. The molecule has 9 heteroatoms. The van der Waals surface area contributed by atoms with Gasteiger partial charge < -0.3 is 5.32 Å². The summed E-state index contributed by atoms with van der Waals surface area (Å²) in [5, 5.41) is 3.18. The van der Waals surface area contributed by atoms with Gasteiger partial charge in [0.25, 0.3) is 10.0 Å². The zero-order valence-electron chi connectivity index (χ0n) is 12.7. The molecule has 0 radical (unpaired) electrons. The highest BCUT2D eigenvalue weighted by Gasteiger charge is 2.14. The second-order valence-corrected chi connectivity index (χ2v) is 8.45. The van der Waals surface area contributed by atoms with Crippen molar-refractivity contribution in [1.82, 2.24) is 4.98 Å². The fraction of sp³-hybridized carbons (Fsp3) is 0.0625. The second kappa shape index (κ2) is 7.38. The molecule has 2 N–H and O–H groups in total. The molecule has 2 aromatic carbocycles. The Morgan fingerprint density at radius 3 is 2.52 bits per heavy atom. The second-order valence-electron chi connectivity index (χ2n) is 5.07. The van der Waals surface area contributed by atoms with Crippen molar-refractivity contribution in [2.24, 2.45) is 0 Å². The topological polar surface area (TPSA) is 71.1 Å². The van der Waals surface area contributed by atoms with Gasteiger partial charge in [0.1, 0.15) is 5.82 Å². The number of hydrogen-bond donors (Lipinski definition) is 2. The maximum Gasteiger partial charge on any atom is 0.261 e. The first-order valence-corrected chi connectivity index (χ1v) is 9.83. The SMILES string of the molecule is O=S(=O)(Nc1cccc(NCc2cnc(Cl)s2)c1)c1ccc(F)cc1. The first kappa shape index (κ1) is 17.7. The van der Waals surface area contributed by atoms with Crippen LogP contribution in [0.4, 0.5) is 15.8 Å². The lowest BCUT2D eigenvalue weighted by Crippen LogP contribution is -2.13. The Kier molecular flexibility index (Phi) is 5.22. The highest BCUT2D eigenvalue weighted by Crippen LogP contribution is 2.22. The van der Waals surface area contributed by atoms with E-state index >= 15 is 0 Å². The molecule has 1 heterocycles. The molecule has 3 aromatic rings. The minimum absolute atomic E-state index is 0.00781. The van der Waals surface area contributed by atoms with Crippen LogP contribution in [0.1, 0.15) is 4.88 Å². The lowest BCUT2D eigenvalue weighted by Gasteiger charge is -2.10. The molecule has 0 aliphatic heterocycles. The zero-order chi connectivity index (χ0) is 17.9. The summed E-state index contributed by atoms with van der Waals surface area (Å²) in [6.45, 7) is 0.526. The van der Waals surface area contributed by atoms with Crippen molar-refractivity contribution >= 4 is 44.3 Å². The van der Waals surface area contributed by atoms with Gasteiger partial charge in [-0.15, -0.1) is 11.3 Å². The molecule has 0 saturated heterocycles. The van der Waals surface area contributed by atoms with Gasteiger partial charge >= 0.3 is 0 Å². The monoisotopic (exact) mass is 397 g/mol. The van der Waals surface area contributed by atoms with Crippen molar-refractivity contribution in [3.05, 3.63) is 69.9 Å². The molecular weight excluding hydrogens is 385 g/mol. The minimum atomic E-state index is -3.78. The van der Waals surface area contributed by atoms with Crippen molar-refractivity contribution in [1.29, 1.82) is 0 Å². The van der Waals surface area contributed by atoms with Crippen LogP contribution in [0.5, 0.6) is 0 Å². The Bertz CT molecular complexity index is 975. The molecule has 5 nitrogen and oxygen atoms in total. The summed E-state index contributed by atoms with van der Waals surface area (Å²) >= 11 is 7.16. The van der Waals surface area contributed by atoms with E-state index in [9.17, 15) is 12.8 Å². The van der Waals surface area contributed by atoms with Crippen LogP contribution in [0.3, 0.4) is 0 Å². The summed E-state index contributed by atoms with van der Waals surface area (Å²) in [4.78, 5) is 4.91. The van der Waals surface area contributed by atoms with E-state index in [1.54, 1.807) is 24.4 Å². The molecule has 0 spiro atoms. The van der Waals surface area contributed by atoms with Crippen LogP contribution in [0.2, 0.25) is 4.47 Å². The van der Waals surface area contributed by atoms with Crippen LogP contribution in [0.25, 0.3) is 0 Å². The van der Waals surface area contributed by atoms with Gasteiger partial charge in [0, 0.05) is 16.8 Å². The van der Waals surface area contributed by atoms with E-state index in [1.807, 2.05) is 6.07 Å². The van der Waals surface area contributed by atoms with Gasteiger partial charge in [0.2, 0.25) is 0 Å². The highest BCUT2D eigenvalue weighted by molar-refractivity contribution is 7.92. The number of sulfonamides is 1. The Balaban J connectivity index is 1.71. The molecule has 0 fully saturated rings. The molecule has 1 aromatic heterocycles. The minimum Gasteiger partial charge on any atom is -0.380 e. The van der Waals surface area contributed by atoms with Crippen LogP contribution in [-0.2, 0) is 16.6 Å². The Morgan fingerprint density at radius 1 is 1.12 bits per heavy atom. The van der Waals surface area contributed by atoms with Crippen LogP contribution in [0.15, 0.2) is 59.6 Å². The fourth-order valence-corrected chi connectivity index (χ4v) is 4.04. The molecule has 0 atom stereocenters. The molecule has 25 heavy (non-hydrogen) atoms. The van der Waals surface area contributed by atoms with Gasteiger partial charge in [-0.1, -0.05) is 17.7 Å². The van der Waals surface area contributed by atoms with E-state index in [1.165, 1.54) is 23.5 Å². The molecule has 0 amide bonds. The highest BCUT2D eigenvalue weighted by atomic mass is 35.5. The van der Waals surface area contributed by atoms with E-state index in [2.05, 4.69) is 15.0 Å². The fourth-order valence-electron chi connectivity index (χ4n) is 2.08. The summed E-state index contributed by atoms with van der Waals surface area (Å²) in [6.07, 6.45) is 1.68. The van der Waals surface area contributed by atoms with Gasteiger partial charge in [0.05, 0.1) is 17.1 Å². The summed E-state index contributed by atoms with van der Waals surface area (Å²) in [5.41, 5.74) is 1.14. The molecule has 0 aliphatic rings. The predicted molar refractivity (Wildman–Crippen MR) is 98.1 cm³/mol. The maximum absolute atomic E-state index is 12.9. The zero-order valence-corrected chi connectivity index (χ0v) is 15.1. The van der Waals surface area contributed by atoms with Crippen molar-refractivity contribution in [3.8, 4) is 0 Å². The first-order valence-electron chi connectivity index (χ1n) is 7.15. The molecule has 0 saturated carbocycles. The van der Waals surface area contributed by atoms with Crippen molar-refractivity contribution in [2.75, 3.05) is 10.0 Å². The first-order chi connectivity index (χ1) is 11.9. The third kappa shape index (κ3) is 4.68. The summed E-state index contributed by atoms with van der Waals surface area (Å²) in [6, 6.07) is 11.5. The molecular formula is C16H13ClFN3O2S2. The van der Waals surface area contributed by atoms with Crippen molar-refractivity contribution in [2.45, 2.75) is 11.4 Å². The van der Waals surface area contributed by atoms with Gasteiger partial charge in [-0.3, -0.25) is 4.72 Å². The van der Waals surface area contributed by atoms with E-state index in [0.29, 0.717) is 16.7 Å². The number of benzene rings is 2. The van der Waals surface area contributed by atoms with Crippen molar-refractivity contribution in [3.63, 3.8) is 0 Å². The van der Waals surface area contributed by atoms with E-state index in [-0.39, 0.29) is 4.90 Å². The molecule has 130 valence electrons. The number of nitrogens with one attached hydrogen (secondary N) is 2. The lowest BCUT2D eigenvalue weighted by molar-refractivity contribution is 0.599. The quantitative estimate of drug-likeness (QED) is 0.648. The van der Waals surface area contributed by atoms with E-state index < -0.39 is 15.8 Å². The molecule has 0 aliphatic carbocycles. The van der Waals surface area contributed by atoms with Crippen LogP contribution in [-0.4, -0.2) is 13.4 Å². The Hall–Kier alpha value is -2.16. The van der Waals surface area contributed by atoms with Gasteiger partial charge in [0.15, 0.2) is 4.47 Å². The van der Waals surface area contributed by atoms with Crippen LogP contribution in [0, 0.1) is 5.82 Å². The molecule has 0 bridgehead atoms. The van der Waals surface area contributed by atoms with Gasteiger partial charge in [-0.05, 0) is 42.5 Å². The number of halogens is 2. The number of aromatic nitrogens is 1. The standard InChI is InChI=1S/C16H13ClFN3O2S2/c17-16-20-10-14(24-16)9-19-12-2-1-3-13(8-12)21-25(22,23)15-6-4-11(18)5-7-15/h1-8,10,19,21H,9H2.